The van der Waals surface area contributed by atoms with Gasteiger partial charge in [0, 0.05) is 0 Å². The maximum absolute atomic E-state index is 12.7. The number of aliphatic carboxylic acids is 1. The van der Waals surface area contributed by atoms with Crippen molar-refractivity contribution >= 4 is 28.8 Å². The second-order valence-corrected chi connectivity index (χ2v) is 5.21. The highest BCUT2D eigenvalue weighted by Gasteiger charge is 2.30. The van der Waals surface area contributed by atoms with Crippen LogP contribution in [-0.2, 0) is 11.3 Å². The molecule has 4 nitrogen and oxygen atoms in total. The molecule has 0 fully saturated rings. The fourth-order valence-electron chi connectivity index (χ4n) is 1.78. The number of alkyl halides is 3. The molecule has 0 saturated heterocycles. The molecule has 0 aliphatic heterocycles. The maximum atomic E-state index is 12.7. The van der Waals surface area contributed by atoms with Gasteiger partial charge >= 0.3 is 12.1 Å². The molecular weight excluding hydrogens is 293 g/mol. The molecule has 2 aromatic rings. The van der Waals surface area contributed by atoms with E-state index >= 15 is 0 Å². The van der Waals surface area contributed by atoms with E-state index in [2.05, 4.69) is 4.98 Å². The van der Waals surface area contributed by atoms with E-state index in [4.69, 9.17) is 5.11 Å². The molecule has 2 rings (SSSR count). The van der Waals surface area contributed by atoms with Crippen LogP contribution in [0.5, 0.6) is 0 Å². The Morgan fingerprint density at radius 3 is 2.75 bits per heavy atom. The highest BCUT2D eigenvalue weighted by atomic mass is 32.2. The molecule has 1 aromatic carbocycles. The number of aromatic nitrogens is 2. The third-order valence-corrected chi connectivity index (χ3v) is 3.49. The van der Waals surface area contributed by atoms with Crippen LogP contribution in [0.25, 0.3) is 11.0 Å². The quantitative estimate of drug-likeness (QED) is 0.882. The number of carbonyl (C=O) groups is 1. The van der Waals surface area contributed by atoms with Gasteiger partial charge in [-0.1, -0.05) is 17.8 Å². The number of benzene rings is 1. The minimum atomic E-state index is -4.39. The molecule has 1 heterocycles. The number of aryl methyl sites for hydroxylation is 1. The van der Waals surface area contributed by atoms with Crippen LogP contribution in [-0.4, -0.2) is 32.6 Å². The van der Waals surface area contributed by atoms with Crippen LogP contribution in [0.2, 0.25) is 0 Å². The van der Waals surface area contributed by atoms with Gasteiger partial charge in [0.05, 0.1) is 16.8 Å². The van der Waals surface area contributed by atoms with E-state index in [1.807, 2.05) is 0 Å². The molecule has 8 heteroatoms. The number of hydrogen-bond acceptors (Lipinski definition) is 3. The molecule has 0 bridgehead atoms. The number of hydrogen-bond donors (Lipinski definition) is 1. The number of imidazole rings is 1. The molecule has 0 spiro atoms. The molecule has 0 saturated carbocycles. The summed E-state index contributed by atoms with van der Waals surface area (Å²) in [5, 5.41) is 8.70. The minimum Gasteiger partial charge on any atom is -0.481 e. The molecule has 1 aromatic heterocycles. The molecule has 0 radical (unpaired) electrons. The van der Waals surface area contributed by atoms with Gasteiger partial charge in [0.25, 0.3) is 0 Å². The number of thioether (sulfide) groups is 1. The lowest BCUT2D eigenvalue weighted by atomic mass is 10.2. The third-order valence-electron chi connectivity index (χ3n) is 2.53. The van der Waals surface area contributed by atoms with Crippen LogP contribution >= 0.6 is 11.8 Å². The Kier molecular flexibility index (Phi) is 3.94. The van der Waals surface area contributed by atoms with Crippen LogP contribution < -0.4 is 0 Å². The third kappa shape index (κ3) is 3.44. The van der Waals surface area contributed by atoms with Gasteiger partial charge < -0.3 is 9.67 Å². The monoisotopic (exact) mass is 304 g/mol. The first-order valence-corrected chi connectivity index (χ1v) is 6.63. The lowest BCUT2D eigenvalue weighted by molar-refractivity contribution is -0.141. The van der Waals surface area contributed by atoms with E-state index in [0.717, 1.165) is 21.9 Å². The summed E-state index contributed by atoms with van der Waals surface area (Å²) >= 11 is 0.780. The van der Waals surface area contributed by atoms with E-state index in [9.17, 15) is 18.0 Å². The van der Waals surface area contributed by atoms with Crippen molar-refractivity contribution in [3.63, 3.8) is 0 Å². The average Bonchev–Trinajstić information content (AvgIpc) is 2.63. The van der Waals surface area contributed by atoms with Crippen molar-refractivity contribution < 1.29 is 23.1 Å². The molecule has 20 heavy (non-hydrogen) atoms. The fraction of sp³-hybridized carbons (Fsp3) is 0.333. The number of rotatable bonds is 4. The standard InChI is InChI=1S/C12H11F3N2O2S/c1-7-2-3-8-9(4-7)17(6-12(13,14)15)11(16-8)20-5-10(18)19/h2-4H,5-6H2,1H3,(H,18,19). The van der Waals surface area contributed by atoms with E-state index in [1.165, 1.54) is 0 Å². The van der Waals surface area contributed by atoms with E-state index < -0.39 is 18.7 Å². The summed E-state index contributed by atoms with van der Waals surface area (Å²) < 4.78 is 39.0. The van der Waals surface area contributed by atoms with Gasteiger partial charge in [0.15, 0.2) is 5.16 Å². The molecule has 108 valence electrons. The lowest BCUT2D eigenvalue weighted by Crippen LogP contribution is -2.18. The summed E-state index contributed by atoms with van der Waals surface area (Å²) in [6.45, 7) is 0.587. The largest absolute Gasteiger partial charge is 0.481 e. The molecular formula is C12H11F3N2O2S. The van der Waals surface area contributed by atoms with Gasteiger partial charge in [-0.15, -0.1) is 0 Å². The number of fused-ring (bicyclic) bond motifs is 1. The van der Waals surface area contributed by atoms with Crippen LogP contribution in [0.1, 0.15) is 5.56 Å². The van der Waals surface area contributed by atoms with Crippen molar-refractivity contribution in [2.75, 3.05) is 5.75 Å². The highest BCUT2D eigenvalue weighted by molar-refractivity contribution is 7.99. The van der Waals surface area contributed by atoms with Crippen molar-refractivity contribution in [1.82, 2.24) is 9.55 Å². The minimum absolute atomic E-state index is 0.0605. The normalized spacial score (nSPS) is 12.0. The zero-order valence-corrected chi connectivity index (χ0v) is 11.3. The molecule has 0 amide bonds. The molecule has 0 aliphatic rings. The van der Waals surface area contributed by atoms with Gasteiger partial charge in [-0.05, 0) is 24.6 Å². The first-order chi connectivity index (χ1) is 9.26. The second-order valence-electron chi connectivity index (χ2n) is 4.27. The van der Waals surface area contributed by atoms with E-state index in [0.29, 0.717) is 11.0 Å². The Morgan fingerprint density at radius 1 is 1.45 bits per heavy atom. The molecule has 0 atom stereocenters. The average molecular weight is 304 g/mol. The summed E-state index contributed by atoms with van der Waals surface area (Å²) in [6, 6.07) is 4.99. The second kappa shape index (κ2) is 5.35. The van der Waals surface area contributed by atoms with Gasteiger partial charge in [-0.3, -0.25) is 4.79 Å². The first-order valence-electron chi connectivity index (χ1n) is 5.64. The van der Waals surface area contributed by atoms with Crippen molar-refractivity contribution in [2.24, 2.45) is 0 Å². The predicted octanol–water partition coefficient (Wildman–Crippen LogP) is 3.08. The van der Waals surface area contributed by atoms with Gasteiger partial charge in [-0.25, -0.2) is 4.98 Å². The summed E-state index contributed by atoms with van der Waals surface area (Å²) in [5.41, 5.74) is 1.60. The Morgan fingerprint density at radius 2 is 2.15 bits per heavy atom. The first kappa shape index (κ1) is 14.7. The van der Waals surface area contributed by atoms with Crippen LogP contribution in [0, 0.1) is 6.92 Å². The number of halogens is 3. The van der Waals surface area contributed by atoms with Crippen molar-refractivity contribution in [1.29, 1.82) is 0 Å². The Balaban J connectivity index is 2.48. The van der Waals surface area contributed by atoms with Crippen LogP contribution in [0.4, 0.5) is 13.2 Å². The highest BCUT2D eigenvalue weighted by Crippen LogP contribution is 2.28. The van der Waals surface area contributed by atoms with Crippen molar-refractivity contribution in [3.8, 4) is 0 Å². The Labute approximate surface area is 116 Å². The van der Waals surface area contributed by atoms with Gasteiger partial charge in [0.1, 0.15) is 6.54 Å². The Hall–Kier alpha value is -1.70. The number of carboxylic acid groups (broad SMARTS) is 1. The van der Waals surface area contributed by atoms with Crippen molar-refractivity contribution in [3.05, 3.63) is 23.8 Å². The summed E-state index contributed by atoms with van der Waals surface area (Å²) in [6.07, 6.45) is -4.39. The zero-order valence-electron chi connectivity index (χ0n) is 10.4. The summed E-state index contributed by atoms with van der Waals surface area (Å²) in [7, 11) is 0. The van der Waals surface area contributed by atoms with E-state index in [1.54, 1.807) is 25.1 Å². The van der Waals surface area contributed by atoms with Gasteiger partial charge in [-0.2, -0.15) is 13.2 Å². The molecule has 0 unspecified atom stereocenters. The smallest absolute Gasteiger partial charge is 0.406 e. The predicted molar refractivity (Wildman–Crippen MR) is 68.9 cm³/mol. The Bertz CT molecular complexity index is 652. The van der Waals surface area contributed by atoms with Crippen LogP contribution in [0.3, 0.4) is 0 Å². The lowest BCUT2D eigenvalue weighted by Gasteiger charge is -2.11. The number of nitrogens with zero attached hydrogens (tertiary/aromatic N) is 2. The molecule has 1 N–H and O–H groups in total. The topological polar surface area (TPSA) is 55.1 Å². The molecule has 0 aliphatic carbocycles. The number of carboxylic acids is 1. The van der Waals surface area contributed by atoms with Gasteiger partial charge in [0.2, 0.25) is 0 Å². The van der Waals surface area contributed by atoms with E-state index in [-0.39, 0.29) is 10.9 Å². The van der Waals surface area contributed by atoms with Crippen LogP contribution in [0.15, 0.2) is 23.4 Å². The zero-order chi connectivity index (χ0) is 14.9. The maximum Gasteiger partial charge on any atom is 0.406 e. The SMILES string of the molecule is Cc1ccc2nc(SCC(=O)O)n(CC(F)(F)F)c2c1. The summed E-state index contributed by atoms with van der Waals surface area (Å²) in [5.74, 6) is -1.43. The fourth-order valence-corrected chi connectivity index (χ4v) is 2.51. The van der Waals surface area contributed by atoms with Crippen molar-refractivity contribution in [2.45, 2.75) is 24.8 Å². The summed E-state index contributed by atoms with van der Waals surface area (Å²) in [4.78, 5) is 14.6.